The molecule has 2 N–H and O–H groups in total. The first-order chi connectivity index (χ1) is 9.85. The van der Waals surface area contributed by atoms with Gasteiger partial charge in [0.05, 0.1) is 4.92 Å². The topological polar surface area (TPSA) is 110 Å². The molecule has 0 aromatic heterocycles. The molecule has 2 rings (SSSR count). The molecule has 1 aromatic carbocycles. The third kappa shape index (κ3) is 2.97. The number of thioether (sulfide) groups is 1. The number of nitrogens with one attached hydrogen (secondary N) is 1. The van der Waals surface area contributed by atoms with Crippen LogP contribution in [0.15, 0.2) is 18.2 Å². The molecular formula is C12H11FN2O5S. The summed E-state index contributed by atoms with van der Waals surface area (Å²) in [5, 5.41) is 22.3. The van der Waals surface area contributed by atoms with Gasteiger partial charge in [-0.05, 0) is 24.3 Å². The maximum Gasteiger partial charge on any atom is 0.330 e. The summed E-state index contributed by atoms with van der Waals surface area (Å²) < 4.78 is 13.2. The van der Waals surface area contributed by atoms with Crippen molar-refractivity contribution in [3.63, 3.8) is 0 Å². The highest BCUT2D eigenvalue weighted by Crippen LogP contribution is 2.29. The number of nitrogens with zero attached hydrogens (tertiary/aromatic N) is 1. The summed E-state index contributed by atoms with van der Waals surface area (Å²) in [4.78, 5) is 33.1. The first-order valence-electron chi connectivity index (χ1n) is 5.93. The van der Waals surface area contributed by atoms with Crippen LogP contribution < -0.4 is 5.32 Å². The minimum atomic E-state index is -1.38. The van der Waals surface area contributed by atoms with Crippen molar-refractivity contribution in [3.8, 4) is 0 Å². The third-order valence-electron chi connectivity index (χ3n) is 3.19. The fourth-order valence-corrected chi connectivity index (χ4v) is 3.29. The molecule has 0 aliphatic carbocycles. The molecule has 0 saturated carbocycles. The van der Waals surface area contributed by atoms with Crippen molar-refractivity contribution in [3.05, 3.63) is 39.7 Å². The molecule has 7 nitrogen and oxygen atoms in total. The average molecular weight is 314 g/mol. The zero-order valence-electron chi connectivity index (χ0n) is 10.7. The number of halogens is 1. The standard InChI is InChI=1S/C12H11FN2O5S/c13-8-2-1-7(5-9(8)15(19)20)10(16)14-12(11(17)18)3-4-21-6-12/h1-2,5H,3-4,6H2,(H,14,16)(H,17,18). The highest BCUT2D eigenvalue weighted by Gasteiger charge is 2.43. The van der Waals surface area contributed by atoms with Crippen molar-refractivity contribution >= 4 is 29.3 Å². The minimum absolute atomic E-state index is 0.152. The molecule has 1 fully saturated rings. The lowest BCUT2D eigenvalue weighted by Crippen LogP contribution is -2.54. The van der Waals surface area contributed by atoms with Gasteiger partial charge in [0.1, 0.15) is 5.54 Å². The monoisotopic (exact) mass is 314 g/mol. The summed E-state index contributed by atoms with van der Waals surface area (Å²) in [6.07, 6.45) is 0.266. The van der Waals surface area contributed by atoms with Gasteiger partial charge in [0.15, 0.2) is 0 Å². The second kappa shape index (κ2) is 5.68. The van der Waals surface area contributed by atoms with Gasteiger partial charge in [0.2, 0.25) is 5.82 Å². The second-order valence-corrected chi connectivity index (χ2v) is 5.67. The summed E-state index contributed by atoms with van der Waals surface area (Å²) in [5.74, 6) is -2.17. The molecule has 1 aromatic rings. The van der Waals surface area contributed by atoms with E-state index in [1.165, 1.54) is 11.8 Å². The third-order valence-corrected chi connectivity index (χ3v) is 4.38. The lowest BCUT2D eigenvalue weighted by molar-refractivity contribution is -0.387. The lowest BCUT2D eigenvalue weighted by Gasteiger charge is -2.24. The molecule has 0 spiro atoms. The van der Waals surface area contributed by atoms with Crippen LogP contribution in [-0.4, -0.2) is 39.0 Å². The van der Waals surface area contributed by atoms with E-state index in [4.69, 9.17) is 0 Å². The number of nitro benzene ring substituents is 1. The van der Waals surface area contributed by atoms with Crippen LogP contribution >= 0.6 is 11.8 Å². The van der Waals surface area contributed by atoms with Gasteiger partial charge in [0, 0.05) is 17.4 Å². The van der Waals surface area contributed by atoms with Crippen LogP contribution in [0.4, 0.5) is 10.1 Å². The molecule has 0 bridgehead atoms. The van der Waals surface area contributed by atoms with E-state index in [1.54, 1.807) is 0 Å². The normalized spacial score (nSPS) is 21.0. The molecule has 1 aliphatic heterocycles. The van der Waals surface area contributed by atoms with E-state index in [0.717, 1.165) is 18.2 Å². The van der Waals surface area contributed by atoms with Crippen molar-refractivity contribution in [2.75, 3.05) is 11.5 Å². The highest BCUT2D eigenvalue weighted by molar-refractivity contribution is 7.99. The van der Waals surface area contributed by atoms with E-state index in [0.29, 0.717) is 5.75 Å². The van der Waals surface area contributed by atoms with E-state index in [9.17, 15) is 29.2 Å². The number of carbonyl (C=O) groups excluding carboxylic acids is 1. The van der Waals surface area contributed by atoms with Gasteiger partial charge in [-0.25, -0.2) is 4.79 Å². The number of benzene rings is 1. The minimum Gasteiger partial charge on any atom is -0.479 e. The van der Waals surface area contributed by atoms with Gasteiger partial charge in [-0.3, -0.25) is 14.9 Å². The maximum absolute atomic E-state index is 13.2. The van der Waals surface area contributed by atoms with E-state index >= 15 is 0 Å². The van der Waals surface area contributed by atoms with Gasteiger partial charge >= 0.3 is 11.7 Å². The Bertz CT molecular complexity index is 616. The molecule has 1 unspecified atom stereocenters. The van der Waals surface area contributed by atoms with Crippen LogP contribution in [-0.2, 0) is 4.79 Å². The average Bonchev–Trinajstić information content (AvgIpc) is 2.88. The molecule has 1 amide bonds. The number of carboxylic acids is 1. The molecule has 1 heterocycles. The number of nitro groups is 1. The lowest BCUT2D eigenvalue weighted by atomic mass is 9.98. The highest BCUT2D eigenvalue weighted by atomic mass is 32.2. The zero-order valence-corrected chi connectivity index (χ0v) is 11.5. The Morgan fingerprint density at radius 1 is 1.48 bits per heavy atom. The van der Waals surface area contributed by atoms with Crippen LogP contribution in [0, 0.1) is 15.9 Å². The first kappa shape index (κ1) is 15.2. The molecule has 0 radical (unpaired) electrons. The smallest absolute Gasteiger partial charge is 0.330 e. The Labute approximate surface area is 122 Å². The summed E-state index contributed by atoms with van der Waals surface area (Å²) in [6, 6.07) is 2.68. The van der Waals surface area contributed by atoms with Crippen molar-refractivity contribution in [1.29, 1.82) is 0 Å². The largest absolute Gasteiger partial charge is 0.479 e. The molecular weight excluding hydrogens is 303 g/mol. The van der Waals surface area contributed by atoms with Crippen molar-refractivity contribution in [2.24, 2.45) is 0 Å². The summed E-state index contributed by atoms with van der Waals surface area (Å²) in [6.45, 7) is 0. The first-order valence-corrected chi connectivity index (χ1v) is 7.09. The molecule has 1 atom stereocenters. The SMILES string of the molecule is O=C(NC1(C(=O)O)CCSC1)c1ccc(F)c([N+](=O)[O-])c1. The molecule has 1 aliphatic rings. The van der Waals surface area contributed by atoms with Crippen LogP contribution in [0.1, 0.15) is 16.8 Å². The molecule has 9 heteroatoms. The Hall–Kier alpha value is -2.16. The quantitative estimate of drug-likeness (QED) is 0.642. The Balaban J connectivity index is 2.26. The predicted octanol–water partition coefficient (Wildman–Crippen LogP) is 1.42. The van der Waals surface area contributed by atoms with Crippen LogP contribution in [0.3, 0.4) is 0 Å². The predicted molar refractivity (Wildman–Crippen MR) is 72.8 cm³/mol. The zero-order chi connectivity index (χ0) is 15.6. The number of hydrogen-bond acceptors (Lipinski definition) is 5. The van der Waals surface area contributed by atoms with Gasteiger partial charge in [-0.1, -0.05) is 0 Å². The number of hydrogen-bond donors (Lipinski definition) is 2. The molecule has 21 heavy (non-hydrogen) atoms. The van der Waals surface area contributed by atoms with E-state index in [1.807, 2.05) is 0 Å². The molecule has 1 saturated heterocycles. The second-order valence-electron chi connectivity index (χ2n) is 4.57. The summed E-state index contributed by atoms with van der Waals surface area (Å²) >= 11 is 1.39. The number of rotatable bonds is 4. The Kier molecular flexibility index (Phi) is 4.12. The molecule has 112 valence electrons. The number of amides is 1. The van der Waals surface area contributed by atoms with Crippen LogP contribution in [0.2, 0.25) is 0 Å². The summed E-state index contributed by atoms with van der Waals surface area (Å²) in [5.41, 5.74) is -2.36. The van der Waals surface area contributed by atoms with Gasteiger partial charge in [-0.15, -0.1) is 0 Å². The van der Waals surface area contributed by atoms with Crippen LogP contribution in [0.5, 0.6) is 0 Å². The number of carbonyl (C=O) groups is 2. The van der Waals surface area contributed by atoms with Crippen molar-refractivity contribution < 1.29 is 24.0 Å². The Morgan fingerprint density at radius 2 is 2.19 bits per heavy atom. The number of carboxylic acid groups (broad SMARTS) is 1. The van der Waals surface area contributed by atoms with Gasteiger partial charge in [0.25, 0.3) is 5.91 Å². The maximum atomic E-state index is 13.2. The van der Waals surface area contributed by atoms with E-state index in [-0.39, 0.29) is 17.7 Å². The van der Waals surface area contributed by atoms with E-state index < -0.39 is 33.8 Å². The number of aliphatic carboxylic acids is 1. The van der Waals surface area contributed by atoms with Crippen molar-refractivity contribution in [2.45, 2.75) is 12.0 Å². The van der Waals surface area contributed by atoms with Gasteiger partial charge in [-0.2, -0.15) is 16.2 Å². The fraction of sp³-hybridized carbons (Fsp3) is 0.333. The summed E-state index contributed by atoms with van der Waals surface area (Å²) in [7, 11) is 0. The van der Waals surface area contributed by atoms with Gasteiger partial charge < -0.3 is 10.4 Å². The Morgan fingerprint density at radius 3 is 2.71 bits per heavy atom. The fourth-order valence-electron chi connectivity index (χ4n) is 1.97. The van der Waals surface area contributed by atoms with E-state index in [2.05, 4.69) is 5.32 Å². The van der Waals surface area contributed by atoms with Crippen LogP contribution in [0.25, 0.3) is 0 Å². The van der Waals surface area contributed by atoms with Crippen molar-refractivity contribution in [1.82, 2.24) is 5.32 Å².